The topological polar surface area (TPSA) is 54.5 Å². The molecule has 1 aliphatic rings. The van der Waals surface area contributed by atoms with Crippen LogP contribution in [-0.2, 0) is 13.0 Å². The normalized spacial score (nSPS) is 16.2. The van der Waals surface area contributed by atoms with Crippen LogP contribution in [0, 0.1) is 0 Å². The molecule has 0 saturated heterocycles. The number of aromatic nitrogens is 1. The number of hydrogen-bond donors (Lipinski definition) is 1. The second kappa shape index (κ2) is 6.91. The molecule has 0 spiro atoms. The van der Waals surface area contributed by atoms with Gasteiger partial charge in [0.05, 0.1) is 6.10 Å². The third kappa shape index (κ3) is 3.35. The molecule has 5 heteroatoms. The van der Waals surface area contributed by atoms with Crippen molar-refractivity contribution in [3.05, 3.63) is 53.7 Å². The lowest BCUT2D eigenvalue weighted by atomic mass is 10.1. The van der Waals surface area contributed by atoms with Crippen molar-refractivity contribution < 1.29 is 9.53 Å². The number of pyridine rings is 1. The lowest BCUT2D eigenvalue weighted by molar-refractivity contribution is 0.228. The van der Waals surface area contributed by atoms with Crippen LogP contribution in [0.4, 0.5) is 10.5 Å². The highest BCUT2D eigenvalue weighted by molar-refractivity contribution is 5.94. The monoisotopic (exact) mass is 325 g/mol. The fourth-order valence-corrected chi connectivity index (χ4v) is 3.02. The number of benzene rings is 1. The maximum atomic E-state index is 12.7. The molecule has 2 aromatic rings. The molecule has 1 unspecified atom stereocenters. The van der Waals surface area contributed by atoms with Crippen LogP contribution in [0.25, 0.3) is 0 Å². The van der Waals surface area contributed by atoms with Crippen molar-refractivity contribution >= 4 is 11.7 Å². The predicted molar refractivity (Wildman–Crippen MR) is 94.3 cm³/mol. The summed E-state index contributed by atoms with van der Waals surface area (Å²) in [6.45, 7) is 6.37. The first-order valence-corrected chi connectivity index (χ1v) is 8.31. The van der Waals surface area contributed by atoms with Gasteiger partial charge in [0.1, 0.15) is 0 Å². The van der Waals surface area contributed by atoms with Gasteiger partial charge in [-0.05, 0) is 44.9 Å². The van der Waals surface area contributed by atoms with Crippen molar-refractivity contribution in [1.29, 1.82) is 0 Å². The first-order valence-electron chi connectivity index (χ1n) is 8.31. The Balaban J connectivity index is 1.71. The van der Waals surface area contributed by atoms with E-state index in [2.05, 4.69) is 23.3 Å². The van der Waals surface area contributed by atoms with E-state index in [-0.39, 0.29) is 18.2 Å². The van der Waals surface area contributed by atoms with Gasteiger partial charge in [-0.3, -0.25) is 4.90 Å². The van der Waals surface area contributed by atoms with Crippen LogP contribution in [0.15, 0.2) is 42.6 Å². The van der Waals surface area contributed by atoms with Crippen LogP contribution >= 0.6 is 0 Å². The Hall–Kier alpha value is -2.56. The van der Waals surface area contributed by atoms with Gasteiger partial charge < -0.3 is 10.1 Å². The number of para-hydroxylation sites is 1. The Labute approximate surface area is 142 Å². The van der Waals surface area contributed by atoms with Gasteiger partial charge in [-0.2, -0.15) is 0 Å². The molecule has 126 valence electrons. The molecule has 3 rings (SSSR count). The molecule has 1 atom stereocenters. The molecule has 1 aliphatic heterocycles. The van der Waals surface area contributed by atoms with Crippen LogP contribution in [0.2, 0.25) is 0 Å². The van der Waals surface area contributed by atoms with Gasteiger partial charge in [-0.15, -0.1) is 0 Å². The van der Waals surface area contributed by atoms with Gasteiger partial charge in [-0.1, -0.05) is 24.3 Å². The minimum Gasteiger partial charge on any atom is -0.475 e. The van der Waals surface area contributed by atoms with Gasteiger partial charge in [-0.25, -0.2) is 9.78 Å². The molecule has 0 aliphatic carbocycles. The number of hydrogen-bond acceptors (Lipinski definition) is 3. The van der Waals surface area contributed by atoms with Crippen molar-refractivity contribution in [3.63, 3.8) is 0 Å². The third-order valence-corrected chi connectivity index (χ3v) is 4.05. The summed E-state index contributed by atoms with van der Waals surface area (Å²) in [4.78, 5) is 18.8. The second-order valence-electron chi connectivity index (χ2n) is 6.34. The van der Waals surface area contributed by atoms with Gasteiger partial charge in [0.25, 0.3) is 0 Å². The number of nitrogens with zero attached hydrogens (tertiary/aromatic N) is 2. The van der Waals surface area contributed by atoms with Crippen LogP contribution in [-0.4, -0.2) is 23.2 Å². The lowest BCUT2D eigenvalue weighted by Gasteiger charge is -2.23. The zero-order valence-corrected chi connectivity index (χ0v) is 14.3. The maximum Gasteiger partial charge on any atom is 0.322 e. The summed E-state index contributed by atoms with van der Waals surface area (Å²) in [6, 6.07) is 11.9. The molecule has 5 nitrogen and oxygen atoms in total. The van der Waals surface area contributed by atoms with E-state index < -0.39 is 0 Å². The Morgan fingerprint density at radius 2 is 2.12 bits per heavy atom. The fraction of sp³-hybridized carbons (Fsp3) is 0.368. The van der Waals surface area contributed by atoms with Crippen LogP contribution in [0.3, 0.4) is 0 Å². The van der Waals surface area contributed by atoms with Gasteiger partial charge in [0, 0.05) is 30.0 Å². The van der Waals surface area contributed by atoms with Crippen molar-refractivity contribution in [2.24, 2.45) is 0 Å². The molecule has 0 fully saturated rings. The number of anilines is 1. The number of carbonyl (C=O) groups excluding carboxylic acids is 1. The first-order chi connectivity index (χ1) is 11.6. The van der Waals surface area contributed by atoms with E-state index in [1.54, 1.807) is 6.20 Å². The quantitative estimate of drug-likeness (QED) is 0.935. The number of amides is 2. The van der Waals surface area contributed by atoms with E-state index in [4.69, 9.17) is 4.74 Å². The van der Waals surface area contributed by atoms with Crippen molar-refractivity contribution in [2.45, 2.75) is 45.9 Å². The molecule has 0 radical (unpaired) electrons. The van der Waals surface area contributed by atoms with Crippen LogP contribution in [0.5, 0.6) is 5.88 Å². The SMILES string of the molecule is CC(C)Oc1ncccc1CNC(=O)N1c2ccccc2CC1C. The van der Waals surface area contributed by atoms with E-state index >= 15 is 0 Å². The number of urea groups is 1. The Morgan fingerprint density at radius 3 is 2.92 bits per heavy atom. The van der Waals surface area contributed by atoms with Crippen LogP contribution in [0.1, 0.15) is 31.9 Å². The summed E-state index contributed by atoms with van der Waals surface area (Å²) in [7, 11) is 0. The van der Waals surface area contributed by atoms with Crippen molar-refractivity contribution in [1.82, 2.24) is 10.3 Å². The molecule has 1 N–H and O–H groups in total. The molecule has 1 aromatic carbocycles. The molecule has 1 aromatic heterocycles. The maximum absolute atomic E-state index is 12.7. The van der Waals surface area contributed by atoms with Gasteiger partial charge >= 0.3 is 6.03 Å². The summed E-state index contributed by atoms with van der Waals surface area (Å²) < 4.78 is 5.70. The molecular formula is C19H23N3O2. The zero-order chi connectivity index (χ0) is 17.1. The predicted octanol–water partition coefficient (Wildman–Crippen LogP) is 3.53. The fourth-order valence-electron chi connectivity index (χ4n) is 3.02. The summed E-state index contributed by atoms with van der Waals surface area (Å²) in [5, 5.41) is 2.99. The van der Waals surface area contributed by atoms with E-state index in [1.807, 2.05) is 49.1 Å². The Morgan fingerprint density at radius 1 is 1.33 bits per heavy atom. The van der Waals surface area contributed by atoms with E-state index in [1.165, 1.54) is 5.56 Å². The Kier molecular flexibility index (Phi) is 4.69. The van der Waals surface area contributed by atoms with Gasteiger partial charge in [0.15, 0.2) is 0 Å². The zero-order valence-electron chi connectivity index (χ0n) is 14.3. The van der Waals surface area contributed by atoms with E-state index in [9.17, 15) is 4.79 Å². The average Bonchev–Trinajstić information content (AvgIpc) is 2.89. The lowest BCUT2D eigenvalue weighted by Crippen LogP contribution is -2.43. The van der Waals surface area contributed by atoms with Gasteiger partial charge in [0.2, 0.25) is 5.88 Å². The summed E-state index contributed by atoms with van der Waals surface area (Å²) in [5.41, 5.74) is 3.08. The number of fused-ring (bicyclic) bond motifs is 1. The highest BCUT2D eigenvalue weighted by Crippen LogP contribution is 2.31. The minimum absolute atomic E-state index is 0.0415. The van der Waals surface area contributed by atoms with Crippen molar-refractivity contribution in [3.8, 4) is 5.88 Å². The van der Waals surface area contributed by atoms with E-state index in [0.29, 0.717) is 12.4 Å². The average molecular weight is 325 g/mol. The number of carbonyl (C=O) groups is 1. The molecule has 2 heterocycles. The van der Waals surface area contributed by atoms with Crippen LogP contribution < -0.4 is 15.0 Å². The first kappa shape index (κ1) is 16.3. The minimum atomic E-state index is -0.0909. The number of nitrogens with one attached hydrogen (secondary N) is 1. The summed E-state index contributed by atoms with van der Waals surface area (Å²) in [5.74, 6) is 0.572. The molecular weight excluding hydrogens is 302 g/mol. The smallest absolute Gasteiger partial charge is 0.322 e. The largest absolute Gasteiger partial charge is 0.475 e. The highest BCUT2D eigenvalue weighted by atomic mass is 16.5. The summed E-state index contributed by atoms with van der Waals surface area (Å²) >= 11 is 0. The molecule has 24 heavy (non-hydrogen) atoms. The third-order valence-electron chi connectivity index (χ3n) is 4.05. The Bertz CT molecular complexity index is 730. The number of rotatable bonds is 4. The molecule has 0 bridgehead atoms. The molecule has 0 saturated carbocycles. The van der Waals surface area contributed by atoms with E-state index in [0.717, 1.165) is 17.7 Å². The standard InChI is InChI=1S/C19H23N3O2/c1-13(2)24-18-16(8-6-10-20-18)12-21-19(23)22-14(3)11-15-7-4-5-9-17(15)22/h4-10,13-14H,11-12H2,1-3H3,(H,21,23). The summed E-state index contributed by atoms with van der Waals surface area (Å²) in [6.07, 6.45) is 2.62. The number of ether oxygens (including phenoxy) is 1. The second-order valence-corrected chi connectivity index (χ2v) is 6.34. The van der Waals surface area contributed by atoms with Crippen molar-refractivity contribution in [2.75, 3.05) is 4.90 Å². The highest BCUT2D eigenvalue weighted by Gasteiger charge is 2.30. The molecule has 2 amide bonds.